The van der Waals surface area contributed by atoms with Crippen LogP contribution < -0.4 is 14.8 Å². The highest BCUT2D eigenvalue weighted by molar-refractivity contribution is 7.92. The van der Waals surface area contributed by atoms with Crippen molar-refractivity contribution in [2.75, 3.05) is 26.0 Å². The summed E-state index contributed by atoms with van der Waals surface area (Å²) in [6.07, 6.45) is 1.55. The quantitative estimate of drug-likeness (QED) is 0.831. The summed E-state index contributed by atoms with van der Waals surface area (Å²) in [5.41, 5.74) is 1.05. The summed E-state index contributed by atoms with van der Waals surface area (Å²) in [6.45, 7) is 3.65. The lowest BCUT2D eigenvalue weighted by Gasteiger charge is -2.13. The first-order valence-electron chi connectivity index (χ1n) is 7.29. The molecule has 0 amide bonds. The molecule has 1 saturated heterocycles. The molecule has 5 nitrogen and oxygen atoms in total. The van der Waals surface area contributed by atoms with Crippen LogP contribution in [0.4, 0.5) is 0 Å². The molecule has 0 saturated carbocycles. The topological polar surface area (TPSA) is 64.6 Å². The normalized spacial score (nSPS) is 20.4. The first-order valence-corrected chi connectivity index (χ1v) is 9.00. The minimum absolute atomic E-state index is 0.234. The Hall–Kier alpha value is -1.27. The van der Waals surface area contributed by atoms with E-state index in [1.165, 1.54) is 0 Å². The van der Waals surface area contributed by atoms with E-state index in [1.807, 2.05) is 25.1 Å². The predicted molar refractivity (Wildman–Crippen MR) is 82.7 cm³/mol. The highest BCUT2D eigenvalue weighted by Crippen LogP contribution is 2.28. The number of hydrogen-bond donors (Lipinski definition) is 1. The molecule has 0 spiro atoms. The van der Waals surface area contributed by atoms with Crippen LogP contribution in [-0.2, 0) is 16.4 Å². The molecule has 118 valence electrons. The van der Waals surface area contributed by atoms with Gasteiger partial charge in [-0.25, -0.2) is 8.42 Å². The fourth-order valence-electron chi connectivity index (χ4n) is 2.56. The van der Waals surface area contributed by atoms with Gasteiger partial charge in [-0.1, -0.05) is 6.07 Å². The SMILES string of the molecule is CCOc1ccc(CNCC2CCCS2(=O)=O)cc1OC. The molecule has 6 heteroatoms. The van der Waals surface area contributed by atoms with Crippen molar-refractivity contribution in [1.82, 2.24) is 5.32 Å². The summed E-state index contributed by atoms with van der Waals surface area (Å²) in [7, 11) is -1.26. The molecule has 0 radical (unpaired) electrons. The largest absolute Gasteiger partial charge is 0.493 e. The second-order valence-corrected chi connectivity index (χ2v) is 7.58. The van der Waals surface area contributed by atoms with Gasteiger partial charge < -0.3 is 14.8 Å². The van der Waals surface area contributed by atoms with Crippen LogP contribution >= 0.6 is 0 Å². The van der Waals surface area contributed by atoms with Crippen LogP contribution in [0.5, 0.6) is 11.5 Å². The molecular formula is C15H23NO4S. The lowest BCUT2D eigenvalue weighted by atomic mass is 10.2. The van der Waals surface area contributed by atoms with Crippen LogP contribution in [0.2, 0.25) is 0 Å². The molecule has 0 aliphatic carbocycles. The molecule has 1 fully saturated rings. The number of benzene rings is 1. The molecule has 1 aromatic carbocycles. The molecule has 1 aromatic rings. The molecule has 1 aliphatic heterocycles. The van der Waals surface area contributed by atoms with Gasteiger partial charge in [0.25, 0.3) is 0 Å². The Morgan fingerprint density at radius 2 is 2.14 bits per heavy atom. The fourth-order valence-corrected chi connectivity index (χ4v) is 4.36. The van der Waals surface area contributed by atoms with Crippen molar-refractivity contribution < 1.29 is 17.9 Å². The molecule has 0 aromatic heterocycles. The van der Waals surface area contributed by atoms with Gasteiger partial charge in [0.1, 0.15) is 0 Å². The van der Waals surface area contributed by atoms with Gasteiger partial charge in [-0.05, 0) is 37.5 Å². The standard InChI is InChI=1S/C15H23NO4S/c1-3-20-14-7-6-12(9-15(14)19-2)10-16-11-13-5-4-8-21(13,17)18/h6-7,9,13,16H,3-5,8,10-11H2,1-2H3. The van der Waals surface area contributed by atoms with Crippen LogP contribution in [0.15, 0.2) is 18.2 Å². The number of rotatable bonds is 7. The van der Waals surface area contributed by atoms with Crippen LogP contribution in [0.3, 0.4) is 0 Å². The van der Waals surface area contributed by atoms with Crippen LogP contribution in [-0.4, -0.2) is 39.7 Å². The number of nitrogens with one attached hydrogen (secondary N) is 1. The smallest absolute Gasteiger partial charge is 0.161 e. The highest BCUT2D eigenvalue weighted by Gasteiger charge is 2.30. The third-order valence-corrected chi connectivity index (χ3v) is 5.97. The monoisotopic (exact) mass is 313 g/mol. The van der Waals surface area contributed by atoms with Gasteiger partial charge in [-0.2, -0.15) is 0 Å². The van der Waals surface area contributed by atoms with E-state index in [4.69, 9.17) is 9.47 Å². The second-order valence-electron chi connectivity index (χ2n) is 5.18. The molecule has 21 heavy (non-hydrogen) atoms. The Morgan fingerprint density at radius 3 is 2.76 bits per heavy atom. The fraction of sp³-hybridized carbons (Fsp3) is 0.600. The first-order chi connectivity index (χ1) is 10.1. The zero-order valence-electron chi connectivity index (χ0n) is 12.6. The maximum Gasteiger partial charge on any atom is 0.161 e. The Labute approximate surface area is 126 Å². The molecule has 0 bridgehead atoms. The second kappa shape index (κ2) is 7.13. The minimum Gasteiger partial charge on any atom is -0.493 e. The molecule has 1 N–H and O–H groups in total. The molecular weight excluding hydrogens is 290 g/mol. The summed E-state index contributed by atoms with van der Waals surface area (Å²) < 4.78 is 34.3. The minimum atomic E-state index is -2.88. The summed E-state index contributed by atoms with van der Waals surface area (Å²) >= 11 is 0. The maximum absolute atomic E-state index is 11.7. The summed E-state index contributed by atoms with van der Waals surface area (Å²) in [5, 5.41) is 2.99. The Kier molecular flexibility index (Phi) is 5.47. The Balaban J connectivity index is 1.91. The number of hydrogen-bond acceptors (Lipinski definition) is 5. The Bertz CT molecular complexity index is 571. The number of sulfone groups is 1. The average Bonchev–Trinajstić information content (AvgIpc) is 2.79. The van der Waals surface area contributed by atoms with E-state index in [2.05, 4.69) is 5.32 Å². The van der Waals surface area contributed by atoms with Crippen molar-refractivity contribution in [2.45, 2.75) is 31.6 Å². The zero-order chi connectivity index (χ0) is 15.3. The van der Waals surface area contributed by atoms with E-state index in [0.29, 0.717) is 31.2 Å². The first kappa shape index (κ1) is 16.1. The number of methoxy groups -OCH3 is 1. The lowest BCUT2D eigenvalue weighted by Crippen LogP contribution is -2.30. The van der Waals surface area contributed by atoms with Gasteiger partial charge in [-0.3, -0.25) is 0 Å². The van der Waals surface area contributed by atoms with Crippen molar-refractivity contribution in [3.8, 4) is 11.5 Å². The summed E-state index contributed by atoms with van der Waals surface area (Å²) in [5.74, 6) is 1.75. The Morgan fingerprint density at radius 1 is 1.33 bits per heavy atom. The van der Waals surface area contributed by atoms with Crippen molar-refractivity contribution in [3.63, 3.8) is 0 Å². The average molecular weight is 313 g/mol. The van der Waals surface area contributed by atoms with Crippen LogP contribution in [0.25, 0.3) is 0 Å². The van der Waals surface area contributed by atoms with Gasteiger partial charge in [0.15, 0.2) is 21.3 Å². The zero-order valence-corrected chi connectivity index (χ0v) is 13.4. The van der Waals surface area contributed by atoms with E-state index in [9.17, 15) is 8.42 Å². The third kappa shape index (κ3) is 4.11. The molecule has 1 aliphatic rings. The summed E-state index contributed by atoms with van der Waals surface area (Å²) in [4.78, 5) is 0. The molecule has 1 heterocycles. The van der Waals surface area contributed by atoms with Gasteiger partial charge in [0, 0.05) is 13.1 Å². The van der Waals surface area contributed by atoms with Crippen molar-refractivity contribution in [1.29, 1.82) is 0 Å². The van der Waals surface area contributed by atoms with Crippen molar-refractivity contribution in [2.24, 2.45) is 0 Å². The van der Waals surface area contributed by atoms with Crippen LogP contribution in [0.1, 0.15) is 25.3 Å². The van der Waals surface area contributed by atoms with E-state index < -0.39 is 9.84 Å². The van der Waals surface area contributed by atoms with Gasteiger partial charge in [0.2, 0.25) is 0 Å². The molecule has 1 unspecified atom stereocenters. The van der Waals surface area contributed by atoms with Crippen molar-refractivity contribution >= 4 is 9.84 Å². The van der Waals surface area contributed by atoms with E-state index in [0.717, 1.165) is 24.2 Å². The predicted octanol–water partition coefficient (Wildman–Crippen LogP) is 1.76. The summed E-state index contributed by atoms with van der Waals surface area (Å²) in [6, 6.07) is 5.76. The van der Waals surface area contributed by atoms with Gasteiger partial charge in [-0.15, -0.1) is 0 Å². The van der Waals surface area contributed by atoms with E-state index in [1.54, 1.807) is 7.11 Å². The highest BCUT2D eigenvalue weighted by atomic mass is 32.2. The van der Waals surface area contributed by atoms with Crippen molar-refractivity contribution in [3.05, 3.63) is 23.8 Å². The lowest BCUT2D eigenvalue weighted by molar-refractivity contribution is 0.310. The number of ether oxygens (including phenoxy) is 2. The van der Waals surface area contributed by atoms with Gasteiger partial charge >= 0.3 is 0 Å². The van der Waals surface area contributed by atoms with Gasteiger partial charge in [0.05, 0.1) is 24.7 Å². The molecule has 2 rings (SSSR count). The third-order valence-electron chi connectivity index (χ3n) is 3.69. The maximum atomic E-state index is 11.7. The molecule has 1 atom stereocenters. The van der Waals surface area contributed by atoms with E-state index in [-0.39, 0.29) is 5.25 Å². The van der Waals surface area contributed by atoms with E-state index >= 15 is 0 Å². The van der Waals surface area contributed by atoms with Crippen LogP contribution in [0, 0.1) is 0 Å².